The Morgan fingerprint density at radius 3 is 2.52 bits per heavy atom. The molecular weight excluding hydrogens is 416 g/mol. The van der Waals surface area contributed by atoms with Crippen molar-refractivity contribution in [2.75, 3.05) is 31.2 Å². The first kappa shape index (κ1) is 21.5. The lowest BCUT2D eigenvalue weighted by molar-refractivity contribution is 0.0694. The molecule has 2 aliphatic rings. The highest BCUT2D eigenvalue weighted by atomic mass is 16.5. The summed E-state index contributed by atoms with van der Waals surface area (Å²) >= 11 is 0. The highest BCUT2D eigenvalue weighted by Crippen LogP contribution is 2.19. The molecule has 5 rings (SSSR count). The van der Waals surface area contributed by atoms with Crippen molar-refractivity contribution in [1.82, 2.24) is 25.3 Å². The molecule has 0 aliphatic carbocycles. The number of rotatable bonds is 5. The van der Waals surface area contributed by atoms with Gasteiger partial charge in [0.05, 0.1) is 28.1 Å². The molecule has 0 radical (unpaired) electrons. The highest BCUT2D eigenvalue weighted by molar-refractivity contribution is 5.93. The number of aromatic nitrogens is 4. The van der Waals surface area contributed by atoms with Gasteiger partial charge in [-0.25, -0.2) is 19.9 Å². The fourth-order valence-corrected chi connectivity index (χ4v) is 4.24. The minimum atomic E-state index is -0.166. The smallest absolute Gasteiger partial charge is 0.270 e. The molecule has 8 nitrogen and oxygen atoms in total. The summed E-state index contributed by atoms with van der Waals surface area (Å²) in [6, 6.07) is 9.68. The second-order valence-corrected chi connectivity index (χ2v) is 8.55. The Labute approximate surface area is 193 Å². The SMILES string of the molecule is Cc1nc2ccccc2nc1C=Cc1cc(C(=O)NC2CCOCC2)nc(N2CCCC2)n1. The lowest BCUT2D eigenvalue weighted by Crippen LogP contribution is -2.39. The van der Waals surface area contributed by atoms with Crippen LogP contribution in [0.2, 0.25) is 0 Å². The fraction of sp³-hybridized carbons (Fsp3) is 0.400. The van der Waals surface area contributed by atoms with Crippen LogP contribution in [0.25, 0.3) is 23.2 Å². The second-order valence-electron chi connectivity index (χ2n) is 8.55. The summed E-state index contributed by atoms with van der Waals surface area (Å²) in [6.45, 7) is 5.11. The Morgan fingerprint density at radius 2 is 1.76 bits per heavy atom. The van der Waals surface area contributed by atoms with Crippen LogP contribution in [0, 0.1) is 6.92 Å². The average molecular weight is 445 g/mol. The predicted molar refractivity (Wildman–Crippen MR) is 128 cm³/mol. The number of hydrogen-bond acceptors (Lipinski definition) is 7. The van der Waals surface area contributed by atoms with Crippen molar-refractivity contribution in [2.24, 2.45) is 0 Å². The summed E-state index contributed by atoms with van der Waals surface area (Å²) in [5, 5.41) is 3.11. The standard InChI is InChI=1S/C25H28N6O2/c1-17-20(29-22-7-3-2-6-21(22)26-17)9-8-19-16-23(24(32)27-18-10-14-33-15-11-18)30-25(28-19)31-12-4-5-13-31/h2-3,6-9,16,18H,4-5,10-15H2,1H3,(H,27,32). The van der Waals surface area contributed by atoms with Crippen molar-refractivity contribution in [1.29, 1.82) is 0 Å². The lowest BCUT2D eigenvalue weighted by Gasteiger charge is -2.23. The number of carbonyl (C=O) groups is 1. The maximum Gasteiger partial charge on any atom is 0.270 e. The molecule has 1 amide bonds. The van der Waals surface area contributed by atoms with E-state index in [0.717, 1.165) is 61.2 Å². The summed E-state index contributed by atoms with van der Waals surface area (Å²) in [6.07, 6.45) is 7.66. The van der Waals surface area contributed by atoms with Crippen LogP contribution >= 0.6 is 0 Å². The van der Waals surface area contributed by atoms with Gasteiger partial charge < -0.3 is 15.0 Å². The summed E-state index contributed by atoms with van der Waals surface area (Å²) in [5.74, 6) is 0.439. The van der Waals surface area contributed by atoms with Crippen molar-refractivity contribution >= 4 is 35.0 Å². The van der Waals surface area contributed by atoms with Crippen LogP contribution in [0.15, 0.2) is 30.3 Å². The van der Waals surface area contributed by atoms with Gasteiger partial charge in [-0.1, -0.05) is 12.1 Å². The molecule has 0 saturated carbocycles. The normalized spacial score (nSPS) is 17.2. The third kappa shape index (κ3) is 5.01. The van der Waals surface area contributed by atoms with Gasteiger partial charge in [0.25, 0.3) is 5.91 Å². The van der Waals surface area contributed by atoms with Gasteiger partial charge in [0.2, 0.25) is 5.95 Å². The minimum Gasteiger partial charge on any atom is -0.381 e. The number of aryl methyl sites for hydroxylation is 1. The van der Waals surface area contributed by atoms with Gasteiger partial charge in [-0.15, -0.1) is 0 Å². The maximum atomic E-state index is 13.0. The van der Waals surface area contributed by atoms with Crippen LogP contribution in [-0.2, 0) is 4.74 Å². The highest BCUT2D eigenvalue weighted by Gasteiger charge is 2.21. The number of amides is 1. The topological polar surface area (TPSA) is 93.1 Å². The Morgan fingerprint density at radius 1 is 1.03 bits per heavy atom. The molecule has 3 aromatic rings. The monoisotopic (exact) mass is 444 g/mol. The van der Waals surface area contributed by atoms with Crippen LogP contribution in [0.3, 0.4) is 0 Å². The van der Waals surface area contributed by atoms with Crippen LogP contribution in [0.5, 0.6) is 0 Å². The molecule has 2 saturated heterocycles. The van der Waals surface area contributed by atoms with Gasteiger partial charge in [0.15, 0.2) is 0 Å². The van der Waals surface area contributed by atoms with E-state index in [1.165, 1.54) is 0 Å². The van der Waals surface area contributed by atoms with E-state index in [1.54, 1.807) is 6.07 Å². The Kier molecular flexibility index (Phi) is 6.26. The number of fused-ring (bicyclic) bond motifs is 1. The first-order valence-corrected chi connectivity index (χ1v) is 11.6. The average Bonchev–Trinajstić information content (AvgIpc) is 3.38. The molecule has 0 unspecified atom stereocenters. The van der Waals surface area contributed by atoms with E-state index in [-0.39, 0.29) is 11.9 Å². The zero-order chi connectivity index (χ0) is 22.6. The van der Waals surface area contributed by atoms with Crippen molar-refractivity contribution in [2.45, 2.75) is 38.6 Å². The molecule has 0 spiro atoms. The number of nitrogens with zero attached hydrogens (tertiary/aromatic N) is 5. The first-order chi connectivity index (χ1) is 16.2. The number of para-hydroxylation sites is 2. The molecule has 1 N–H and O–H groups in total. The third-order valence-electron chi connectivity index (χ3n) is 6.11. The number of benzene rings is 1. The molecule has 0 atom stereocenters. The zero-order valence-corrected chi connectivity index (χ0v) is 18.8. The zero-order valence-electron chi connectivity index (χ0n) is 18.8. The molecule has 1 aromatic carbocycles. The Bertz CT molecular complexity index is 1180. The number of hydrogen-bond donors (Lipinski definition) is 1. The van der Waals surface area contributed by atoms with Gasteiger partial charge in [-0.3, -0.25) is 4.79 Å². The lowest BCUT2D eigenvalue weighted by atomic mass is 10.1. The van der Waals surface area contributed by atoms with Crippen molar-refractivity contribution in [3.63, 3.8) is 0 Å². The Balaban J connectivity index is 1.44. The van der Waals surface area contributed by atoms with Gasteiger partial charge >= 0.3 is 0 Å². The van der Waals surface area contributed by atoms with Crippen LogP contribution < -0.4 is 10.2 Å². The summed E-state index contributed by atoms with van der Waals surface area (Å²) in [5.41, 5.74) is 4.41. The predicted octanol–water partition coefficient (Wildman–Crippen LogP) is 3.41. The quantitative estimate of drug-likeness (QED) is 0.645. The number of nitrogens with one attached hydrogen (secondary N) is 1. The van der Waals surface area contributed by atoms with E-state index >= 15 is 0 Å². The van der Waals surface area contributed by atoms with Gasteiger partial charge in [-0.2, -0.15) is 0 Å². The van der Waals surface area contributed by atoms with E-state index in [0.29, 0.717) is 30.5 Å². The van der Waals surface area contributed by atoms with Crippen LogP contribution in [-0.4, -0.2) is 58.2 Å². The van der Waals surface area contributed by atoms with E-state index in [4.69, 9.17) is 14.7 Å². The van der Waals surface area contributed by atoms with Crippen molar-refractivity contribution < 1.29 is 9.53 Å². The van der Waals surface area contributed by atoms with E-state index in [1.807, 2.05) is 43.3 Å². The minimum absolute atomic E-state index is 0.117. The molecule has 2 aliphatic heterocycles. The molecule has 2 fully saturated rings. The van der Waals surface area contributed by atoms with E-state index in [2.05, 4.69) is 20.2 Å². The molecule has 0 bridgehead atoms. The van der Waals surface area contributed by atoms with Crippen LogP contribution in [0.1, 0.15) is 53.3 Å². The van der Waals surface area contributed by atoms with Gasteiger partial charge in [-0.05, 0) is 63.0 Å². The molecule has 33 heavy (non-hydrogen) atoms. The van der Waals surface area contributed by atoms with Crippen molar-refractivity contribution in [3.8, 4) is 0 Å². The second kappa shape index (κ2) is 9.62. The van der Waals surface area contributed by atoms with Gasteiger partial charge in [0.1, 0.15) is 5.69 Å². The Hall–Kier alpha value is -3.39. The maximum absolute atomic E-state index is 13.0. The molecular formula is C25H28N6O2. The molecule has 4 heterocycles. The summed E-state index contributed by atoms with van der Waals surface area (Å²) in [4.78, 5) is 33.9. The summed E-state index contributed by atoms with van der Waals surface area (Å²) in [7, 11) is 0. The van der Waals surface area contributed by atoms with E-state index < -0.39 is 0 Å². The van der Waals surface area contributed by atoms with Gasteiger partial charge in [0, 0.05) is 32.3 Å². The molecule has 8 heteroatoms. The summed E-state index contributed by atoms with van der Waals surface area (Å²) < 4.78 is 5.40. The number of ether oxygens (including phenoxy) is 1. The largest absolute Gasteiger partial charge is 0.381 e. The van der Waals surface area contributed by atoms with E-state index in [9.17, 15) is 4.79 Å². The molecule has 2 aromatic heterocycles. The van der Waals surface area contributed by atoms with Crippen molar-refractivity contribution in [3.05, 3.63) is 53.1 Å². The number of carbonyl (C=O) groups excluding carboxylic acids is 1. The number of anilines is 1. The fourth-order valence-electron chi connectivity index (χ4n) is 4.24. The molecule has 170 valence electrons. The van der Waals surface area contributed by atoms with Crippen LogP contribution in [0.4, 0.5) is 5.95 Å². The first-order valence-electron chi connectivity index (χ1n) is 11.6. The third-order valence-corrected chi connectivity index (χ3v) is 6.11.